The Kier molecular flexibility index (Phi) is 2.27. The lowest BCUT2D eigenvalue weighted by Gasteiger charge is -2.03. The molecule has 2 rings (SSSR count). The van der Waals surface area contributed by atoms with Crippen molar-refractivity contribution in [2.45, 2.75) is 32.7 Å². The SMILES string of the molecule is Cc1cnc(C(C)N=C(N)C2CC2)o1. The third kappa shape index (κ3) is 1.95. The first-order valence-corrected chi connectivity index (χ1v) is 4.92. The van der Waals surface area contributed by atoms with Crippen LogP contribution < -0.4 is 5.73 Å². The maximum absolute atomic E-state index is 5.80. The molecule has 1 atom stereocenters. The fraction of sp³-hybridized carbons (Fsp3) is 0.600. The predicted octanol–water partition coefficient (Wildman–Crippen LogP) is 1.81. The van der Waals surface area contributed by atoms with E-state index >= 15 is 0 Å². The third-order valence-corrected chi connectivity index (χ3v) is 2.33. The average Bonchev–Trinajstić information content (AvgIpc) is 2.89. The average molecular weight is 193 g/mol. The standard InChI is InChI=1S/C10H15N3O/c1-6-5-12-10(14-6)7(2)13-9(11)8-3-4-8/h5,7-8H,3-4H2,1-2H3,(H2,11,13). The molecule has 0 aliphatic heterocycles. The molecule has 1 fully saturated rings. The number of hydrogen-bond donors (Lipinski definition) is 1. The molecule has 4 heteroatoms. The van der Waals surface area contributed by atoms with E-state index in [9.17, 15) is 0 Å². The second kappa shape index (κ2) is 3.44. The molecule has 4 nitrogen and oxygen atoms in total. The first kappa shape index (κ1) is 9.24. The van der Waals surface area contributed by atoms with Gasteiger partial charge in [0.2, 0.25) is 5.89 Å². The van der Waals surface area contributed by atoms with Gasteiger partial charge < -0.3 is 10.2 Å². The molecule has 0 spiro atoms. The second-order valence-electron chi connectivity index (χ2n) is 3.81. The fourth-order valence-electron chi connectivity index (χ4n) is 1.33. The van der Waals surface area contributed by atoms with E-state index in [0.29, 0.717) is 11.8 Å². The third-order valence-electron chi connectivity index (χ3n) is 2.33. The highest BCUT2D eigenvalue weighted by atomic mass is 16.4. The van der Waals surface area contributed by atoms with E-state index in [-0.39, 0.29) is 6.04 Å². The van der Waals surface area contributed by atoms with Crippen LogP contribution in [0.15, 0.2) is 15.6 Å². The number of oxazole rings is 1. The van der Waals surface area contributed by atoms with Crippen molar-refractivity contribution in [1.29, 1.82) is 0 Å². The lowest BCUT2D eigenvalue weighted by Crippen LogP contribution is -2.15. The predicted molar refractivity (Wildman–Crippen MR) is 54.0 cm³/mol. The Morgan fingerprint density at radius 3 is 2.93 bits per heavy atom. The molecule has 1 heterocycles. The van der Waals surface area contributed by atoms with E-state index in [1.807, 2.05) is 13.8 Å². The molecule has 1 saturated carbocycles. The maximum Gasteiger partial charge on any atom is 0.218 e. The number of aromatic nitrogens is 1. The molecule has 76 valence electrons. The zero-order valence-electron chi connectivity index (χ0n) is 8.53. The molecule has 0 aromatic carbocycles. The van der Waals surface area contributed by atoms with Crippen molar-refractivity contribution in [3.05, 3.63) is 17.8 Å². The molecule has 0 radical (unpaired) electrons. The van der Waals surface area contributed by atoms with Crippen molar-refractivity contribution >= 4 is 5.84 Å². The number of nitrogens with two attached hydrogens (primary N) is 1. The van der Waals surface area contributed by atoms with Crippen LogP contribution in [0.4, 0.5) is 0 Å². The van der Waals surface area contributed by atoms with Gasteiger partial charge in [-0.05, 0) is 26.7 Å². The quantitative estimate of drug-likeness (QED) is 0.588. The summed E-state index contributed by atoms with van der Waals surface area (Å²) in [6.07, 6.45) is 4.05. The highest BCUT2D eigenvalue weighted by Crippen LogP contribution is 2.30. The zero-order valence-corrected chi connectivity index (χ0v) is 8.53. The maximum atomic E-state index is 5.80. The van der Waals surface area contributed by atoms with E-state index in [4.69, 9.17) is 10.2 Å². The first-order chi connectivity index (χ1) is 6.66. The van der Waals surface area contributed by atoms with Gasteiger partial charge in [-0.3, -0.25) is 4.99 Å². The van der Waals surface area contributed by atoms with E-state index in [1.54, 1.807) is 6.20 Å². The fourth-order valence-corrected chi connectivity index (χ4v) is 1.33. The molecule has 1 aliphatic carbocycles. The molecule has 1 aliphatic rings. The molecule has 1 unspecified atom stereocenters. The zero-order chi connectivity index (χ0) is 10.1. The summed E-state index contributed by atoms with van der Waals surface area (Å²) in [6, 6.07) is -0.0655. The van der Waals surface area contributed by atoms with Gasteiger partial charge in [-0.2, -0.15) is 0 Å². The number of rotatable bonds is 3. The summed E-state index contributed by atoms with van der Waals surface area (Å²) in [7, 11) is 0. The number of nitrogens with zero attached hydrogens (tertiary/aromatic N) is 2. The number of aliphatic imine (C=N–C) groups is 1. The first-order valence-electron chi connectivity index (χ1n) is 4.92. The van der Waals surface area contributed by atoms with Crippen LogP contribution in [-0.4, -0.2) is 10.8 Å². The van der Waals surface area contributed by atoms with Crippen LogP contribution in [0.3, 0.4) is 0 Å². The molecular weight excluding hydrogens is 178 g/mol. The smallest absolute Gasteiger partial charge is 0.218 e. The Balaban J connectivity index is 2.07. The Bertz CT molecular complexity index is 352. The van der Waals surface area contributed by atoms with Gasteiger partial charge in [0.05, 0.1) is 12.0 Å². The molecule has 0 saturated heterocycles. The van der Waals surface area contributed by atoms with Crippen LogP contribution in [0.5, 0.6) is 0 Å². The summed E-state index contributed by atoms with van der Waals surface area (Å²) in [4.78, 5) is 8.48. The van der Waals surface area contributed by atoms with Gasteiger partial charge >= 0.3 is 0 Å². The van der Waals surface area contributed by atoms with Gasteiger partial charge in [0.25, 0.3) is 0 Å². The minimum Gasteiger partial charge on any atom is -0.444 e. The largest absolute Gasteiger partial charge is 0.444 e. The Hall–Kier alpha value is -1.32. The lowest BCUT2D eigenvalue weighted by molar-refractivity contribution is 0.444. The van der Waals surface area contributed by atoms with Crippen LogP contribution in [0.25, 0.3) is 0 Å². The minimum atomic E-state index is -0.0655. The van der Waals surface area contributed by atoms with Crippen molar-refractivity contribution in [2.24, 2.45) is 16.6 Å². The van der Waals surface area contributed by atoms with Gasteiger partial charge in [0.1, 0.15) is 11.8 Å². The van der Waals surface area contributed by atoms with E-state index < -0.39 is 0 Å². The monoisotopic (exact) mass is 193 g/mol. The van der Waals surface area contributed by atoms with Crippen LogP contribution in [0.1, 0.15) is 37.5 Å². The summed E-state index contributed by atoms with van der Waals surface area (Å²) >= 11 is 0. The molecule has 14 heavy (non-hydrogen) atoms. The highest BCUT2D eigenvalue weighted by molar-refractivity contribution is 5.85. The molecular formula is C10H15N3O. The molecule has 1 aromatic rings. The van der Waals surface area contributed by atoms with E-state index in [0.717, 1.165) is 11.6 Å². The van der Waals surface area contributed by atoms with Crippen molar-refractivity contribution in [1.82, 2.24) is 4.98 Å². The summed E-state index contributed by atoms with van der Waals surface area (Å²) in [5.74, 6) is 2.71. The highest BCUT2D eigenvalue weighted by Gasteiger charge is 2.26. The van der Waals surface area contributed by atoms with Gasteiger partial charge in [-0.1, -0.05) is 0 Å². The normalized spacial score (nSPS) is 19.7. The van der Waals surface area contributed by atoms with Gasteiger partial charge in [-0.25, -0.2) is 4.98 Å². The topological polar surface area (TPSA) is 64.4 Å². The summed E-state index contributed by atoms with van der Waals surface area (Å²) in [5, 5.41) is 0. The molecule has 0 bridgehead atoms. The van der Waals surface area contributed by atoms with Crippen molar-refractivity contribution in [2.75, 3.05) is 0 Å². The summed E-state index contributed by atoms with van der Waals surface area (Å²) in [6.45, 7) is 3.82. The van der Waals surface area contributed by atoms with Crippen LogP contribution >= 0.6 is 0 Å². The van der Waals surface area contributed by atoms with Crippen LogP contribution in [0, 0.1) is 12.8 Å². The van der Waals surface area contributed by atoms with E-state index in [2.05, 4.69) is 9.98 Å². The lowest BCUT2D eigenvalue weighted by atomic mass is 10.3. The van der Waals surface area contributed by atoms with Crippen molar-refractivity contribution < 1.29 is 4.42 Å². The molecule has 2 N–H and O–H groups in total. The Morgan fingerprint density at radius 1 is 1.71 bits per heavy atom. The minimum absolute atomic E-state index is 0.0655. The number of amidine groups is 1. The summed E-state index contributed by atoms with van der Waals surface area (Å²) < 4.78 is 5.37. The van der Waals surface area contributed by atoms with Gasteiger partial charge in [0, 0.05) is 5.92 Å². The van der Waals surface area contributed by atoms with E-state index in [1.165, 1.54) is 12.8 Å². The van der Waals surface area contributed by atoms with Crippen LogP contribution in [0.2, 0.25) is 0 Å². The molecule has 0 amide bonds. The van der Waals surface area contributed by atoms with Crippen molar-refractivity contribution in [3.8, 4) is 0 Å². The van der Waals surface area contributed by atoms with Gasteiger partial charge in [0.15, 0.2) is 0 Å². The summed E-state index contributed by atoms with van der Waals surface area (Å²) in [5.41, 5.74) is 5.80. The molecule has 1 aromatic heterocycles. The van der Waals surface area contributed by atoms with Crippen molar-refractivity contribution in [3.63, 3.8) is 0 Å². The Morgan fingerprint density at radius 2 is 2.43 bits per heavy atom. The van der Waals surface area contributed by atoms with Gasteiger partial charge in [-0.15, -0.1) is 0 Å². The second-order valence-corrected chi connectivity index (χ2v) is 3.81. The number of aryl methyl sites for hydroxylation is 1. The number of hydrogen-bond acceptors (Lipinski definition) is 3. The van der Waals surface area contributed by atoms with Crippen LogP contribution in [-0.2, 0) is 0 Å². The Labute approximate surface area is 83.2 Å².